The lowest BCUT2D eigenvalue weighted by molar-refractivity contribution is 0.396. The van der Waals surface area contributed by atoms with Crippen molar-refractivity contribution in [1.82, 2.24) is 4.98 Å². The number of epoxide rings is 1. The Hall–Kier alpha value is -1.67. The van der Waals surface area contributed by atoms with Gasteiger partial charge in [0, 0.05) is 17.1 Å². The first-order valence-electron chi connectivity index (χ1n) is 5.15. The lowest BCUT2D eigenvalue weighted by Crippen LogP contribution is -1.96. The molecule has 0 unspecified atom stereocenters. The molecule has 4 rings (SSSR count). The maximum atomic E-state index is 5.60. The van der Waals surface area contributed by atoms with Gasteiger partial charge < -0.3 is 4.74 Å². The molecular weight excluding hydrogens is 186 g/mol. The van der Waals surface area contributed by atoms with Crippen molar-refractivity contribution >= 4 is 17.0 Å². The Balaban J connectivity index is 2.15. The summed E-state index contributed by atoms with van der Waals surface area (Å²) >= 11 is 0. The maximum Gasteiger partial charge on any atom is 0.114 e. The quantitative estimate of drug-likeness (QED) is 0.604. The van der Waals surface area contributed by atoms with Gasteiger partial charge in [0.15, 0.2) is 0 Å². The second-order valence-corrected chi connectivity index (χ2v) is 4.02. The lowest BCUT2D eigenvalue weighted by atomic mass is 9.93. The molecule has 2 atom stereocenters. The van der Waals surface area contributed by atoms with Crippen molar-refractivity contribution in [1.29, 1.82) is 0 Å². The molecule has 15 heavy (non-hydrogen) atoms. The van der Waals surface area contributed by atoms with Crippen molar-refractivity contribution in [2.75, 3.05) is 0 Å². The van der Waals surface area contributed by atoms with Gasteiger partial charge in [-0.2, -0.15) is 0 Å². The number of rotatable bonds is 0. The molecule has 2 heterocycles. The van der Waals surface area contributed by atoms with Gasteiger partial charge in [-0.1, -0.05) is 24.3 Å². The van der Waals surface area contributed by atoms with E-state index in [4.69, 9.17) is 4.74 Å². The topological polar surface area (TPSA) is 25.4 Å². The third kappa shape index (κ3) is 0.944. The van der Waals surface area contributed by atoms with Gasteiger partial charge in [-0.05, 0) is 17.7 Å². The van der Waals surface area contributed by atoms with Gasteiger partial charge in [-0.25, -0.2) is 0 Å². The second-order valence-electron chi connectivity index (χ2n) is 4.02. The van der Waals surface area contributed by atoms with Gasteiger partial charge >= 0.3 is 0 Å². The Morgan fingerprint density at radius 3 is 3.20 bits per heavy atom. The van der Waals surface area contributed by atoms with Crippen molar-refractivity contribution in [3.8, 4) is 0 Å². The van der Waals surface area contributed by atoms with Gasteiger partial charge in [0.2, 0.25) is 0 Å². The molecule has 1 aliphatic carbocycles. The van der Waals surface area contributed by atoms with Crippen molar-refractivity contribution in [2.24, 2.45) is 0 Å². The Morgan fingerprint density at radius 1 is 1.20 bits per heavy atom. The summed E-state index contributed by atoms with van der Waals surface area (Å²) in [5, 5.41) is 1.23. The highest BCUT2D eigenvalue weighted by Crippen LogP contribution is 2.47. The van der Waals surface area contributed by atoms with E-state index < -0.39 is 0 Å². The molecule has 0 N–H and O–H groups in total. The molecule has 2 aliphatic rings. The summed E-state index contributed by atoms with van der Waals surface area (Å²) in [6.45, 7) is 0. The van der Waals surface area contributed by atoms with E-state index >= 15 is 0 Å². The van der Waals surface area contributed by atoms with Crippen molar-refractivity contribution < 1.29 is 4.74 Å². The van der Waals surface area contributed by atoms with Gasteiger partial charge in [0.25, 0.3) is 0 Å². The number of aromatic nitrogens is 1. The zero-order valence-corrected chi connectivity index (χ0v) is 8.05. The van der Waals surface area contributed by atoms with Crippen LogP contribution >= 0.6 is 0 Å². The second kappa shape index (κ2) is 2.47. The molecule has 0 radical (unpaired) electrons. The number of nitrogens with zero attached hydrogens (tertiary/aromatic N) is 1. The highest BCUT2D eigenvalue weighted by atomic mass is 16.6. The van der Waals surface area contributed by atoms with E-state index in [1.165, 1.54) is 16.5 Å². The smallest absolute Gasteiger partial charge is 0.114 e. The van der Waals surface area contributed by atoms with Crippen LogP contribution in [0.2, 0.25) is 0 Å². The van der Waals surface area contributed by atoms with Crippen LogP contribution in [-0.2, 0) is 4.74 Å². The van der Waals surface area contributed by atoms with Gasteiger partial charge in [-0.15, -0.1) is 0 Å². The van der Waals surface area contributed by atoms with E-state index in [0.29, 0.717) is 6.10 Å². The van der Waals surface area contributed by atoms with Crippen molar-refractivity contribution in [3.05, 3.63) is 47.7 Å². The summed E-state index contributed by atoms with van der Waals surface area (Å²) in [7, 11) is 0. The zero-order valence-electron chi connectivity index (χ0n) is 8.05. The molecule has 1 aromatic carbocycles. The summed E-state index contributed by atoms with van der Waals surface area (Å²) in [5.41, 5.74) is 3.64. The summed E-state index contributed by atoms with van der Waals surface area (Å²) in [5.74, 6) is 0. The minimum Gasteiger partial charge on any atom is -0.360 e. The Kier molecular flexibility index (Phi) is 1.25. The fraction of sp³-hybridized carbons (Fsp3) is 0.154. The van der Waals surface area contributed by atoms with Gasteiger partial charge in [0.1, 0.15) is 12.2 Å². The van der Waals surface area contributed by atoms with E-state index in [9.17, 15) is 0 Å². The molecule has 0 bridgehead atoms. The average molecular weight is 195 g/mol. The van der Waals surface area contributed by atoms with Gasteiger partial charge in [-0.3, -0.25) is 4.98 Å². The molecular formula is C13H9NO. The standard InChI is InChI=1S/C13H9NO/c1-2-9-10(14-7-1)5-3-8-4-6-11-13(15-11)12(8)9/h1-7,11,13H/t11-,13-/m0/s1. The molecule has 1 saturated heterocycles. The van der Waals surface area contributed by atoms with Crippen LogP contribution in [0.3, 0.4) is 0 Å². The van der Waals surface area contributed by atoms with Crippen LogP contribution in [0.25, 0.3) is 17.0 Å². The number of hydrogen-bond acceptors (Lipinski definition) is 2. The predicted octanol–water partition coefficient (Wildman–Crippen LogP) is 2.70. The molecule has 0 spiro atoms. The first kappa shape index (κ1) is 7.60. The molecule has 1 aromatic heterocycles. The molecule has 72 valence electrons. The van der Waals surface area contributed by atoms with E-state index in [-0.39, 0.29) is 6.10 Å². The zero-order chi connectivity index (χ0) is 9.83. The average Bonchev–Trinajstić information content (AvgIpc) is 3.07. The maximum absolute atomic E-state index is 5.60. The minimum atomic E-state index is 0.276. The first-order chi connectivity index (χ1) is 7.43. The Morgan fingerprint density at radius 2 is 2.20 bits per heavy atom. The van der Waals surface area contributed by atoms with Crippen LogP contribution in [0, 0.1) is 0 Å². The van der Waals surface area contributed by atoms with Crippen LogP contribution in [0.15, 0.2) is 36.5 Å². The van der Waals surface area contributed by atoms with Crippen LogP contribution in [0.4, 0.5) is 0 Å². The highest BCUT2D eigenvalue weighted by molar-refractivity contribution is 5.87. The SMILES string of the molecule is C1=C[C@@H]2O[C@@H]2c2c1ccc1ncccc21. The first-order valence-corrected chi connectivity index (χ1v) is 5.15. The third-order valence-electron chi connectivity index (χ3n) is 3.14. The number of hydrogen-bond donors (Lipinski definition) is 0. The highest BCUT2D eigenvalue weighted by Gasteiger charge is 2.42. The summed E-state index contributed by atoms with van der Waals surface area (Å²) in [4.78, 5) is 4.36. The van der Waals surface area contributed by atoms with Crippen LogP contribution in [0.1, 0.15) is 17.2 Å². The van der Waals surface area contributed by atoms with E-state index in [1.807, 2.05) is 12.3 Å². The minimum absolute atomic E-state index is 0.276. The molecule has 1 fully saturated rings. The fourth-order valence-electron chi connectivity index (χ4n) is 2.36. The predicted molar refractivity (Wildman–Crippen MR) is 58.4 cm³/mol. The summed E-state index contributed by atoms with van der Waals surface area (Å²) < 4.78 is 5.60. The summed E-state index contributed by atoms with van der Waals surface area (Å²) in [6, 6.07) is 8.30. The van der Waals surface area contributed by atoms with E-state index in [2.05, 4.69) is 35.3 Å². The number of benzene rings is 1. The Bertz CT molecular complexity index is 588. The number of pyridine rings is 1. The van der Waals surface area contributed by atoms with Crippen LogP contribution in [-0.4, -0.2) is 11.1 Å². The normalized spacial score (nSPS) is 26.1. The van der Waals surface area contributed by atoms with Gasteiger partial charge in [0.05, 0.1) is 5.52 Å². The molecule has 2 nitrogen and oxygen atoms in total. The van der Waals surface area contributed by atoms with E-state index in [1.54, 1.807) is 0 Å². The molecule has 1 aliphatic heterocycles. The molecule has 2 aromatic rings. The number of ether oxygens (including phenoxy) is 1. The monoisotopic (exact) mass is 195 g/mol. The largest absolute Gasteiger partial charge is 0.360 e. The fourth-order valence-corrected chi connectivity index (χ4v) is 2.36. The van der Waals surface area contributed by atoms with E-state index in [0.717, 1.165) is 5.52 Å². The lowest BCUT2D eigenvalue weighted by Gasteiger charge is -2.09. The van der Waals surface area contributed by atoms with Crippen LogP contribution < -0.4 is 0 Å². The molecule has 2 heteroatoms. The number of fused-ring (bicyclic) bond motifs is 5. The molecule has 0 saturated carbocycles. The third-order valence-corrected chi connectivity index (χ3v) is 3.14. The summed E-state index contributed by atoms with van der Waals surface area (Å²) in [6.07, 6.45) is 6.70. The van der Waals surface area contributed by atoms with Crippen molar-refractivity contribution in [3.63, 3.8) is 0 Å². The molecule has 0 amide bonds. The Labute approximate surface area is 87.2 Å². The van der Waals surface area contributed by atoms with Crippen LogP contribution in [0.5, 0.6) is 0 Å². The van der Waals surface area contributed by atoms with Crippen molar-refractivity contribution in [2.45, 2.75) is 12.2 Å².